The van der Waals surface area contributed by atoms with Gasteiger partial charge < -0.3 is 10.1 Å². The minimum Gasteiger partial charge on any atom is -0.383 e. The summed E-state index contributed by atoms with van der Waals surface area (Å²) in [5.41, 5.74) is 0. The van der Waals surface area contributed by atoms with Crippen molar-refractivity contribution >= 4 is 0 Å². The Labute approximate surface area is 101 Å². The van der Waals surface area contributed by atoms with E-state index in [4.69, 9.17) is 4.74 Å². The molecule has 1 fully saturated rings. The molecule has 0 amide bonds. The molecular formula is C13H28N2O. The number of nitrogens with one attached hydrogen (secondary N) is 1. The highest BCUT2D eigenvalue weighted by molar-refractivity contribution is 4.84. The number of likely N-dealkylation sites (tertiary alicyclic amines) is 1. The first kappa shape index (κ1) is 13.9. The van der Waals surface area contributed by atoms with Crippen LogP contribution in [0.5, 0.6) is 0 Å². The normalized spacial score (nSPS) is 26.4. The highest BCUT2D eigenvalue weighted by Crippen LogP contribution is 2.25. The lowest BCUT2D eigenvalue weighted by molar-refractivity contribution is 0.188. The standard InChI is InChI=1S/C13H28N2O/c1-4-13-7-6-12(2)15(13)10-5-8-14-9-11-16-3/h12-14H,4-11H2,1-3H3. The molecule has 1 aliphatic heterocycles. The van der Waals surface area contributed by atoms with Crippen molar-refractivity contribution in [3.8, 4) is 0 Å². The van der Waals surface area contributed by atoms with E-state index in [1.807, 2.05) is 0 Å². The fourth-order valence-corrected chi connectivity index (χ4v) is 2.65. The second-order valence-electron chi connectivity index (χ2n) is 4.82. The van der Waals surface area contributed by atoms with Gasteiger partial charge in [-0.15, -0.1) is 0 Å². The van der Waals surface area contributed by atoms with E-state index in [1.165, 1.54) is 32.2 Å². The number of nitrogens with zero attached hydrogens (tertiary/aromatic N) is 1. The monoisotopic (exact) mass is 228 g/mol. The minimum atomic E-state index is 0.795. The zero-order valence-electron chi connectivity index (χ0n) is 11.2. The molecule has 1 aliphatic rings. The van der Waals surface area contributed by atoms with Gasteiger partial charge in [-0.05, 0) is 45.7 Å². The van der Waals surface area contributed by atoms with E-state index in [0.29, 0.717) is 0 Å². The molecule has 0 spiro atoms. The van der Waals surface area contributed by atoms with Crippen molar-refractivity contribution in [1.29, 1.82) is 0 Å². The molecule has 0 aromatic rings. The van der Waals surface area contributed by atoms with Gasteiger partial charge in [0.25, 0.3) is 0 Å². The Morgan fingerprint density at radius 1 is 1.31 bits per heavy atom. The first-order valence-electron chi connectivity index (χ1n) is 6.75. The maximum absolute atomic E-state index is 5.00. The van der Waals surface area contributed by atoms with Crippen LogP contribution in [0.3, 0.4) is 0 Å². The van der Waals surface area contributed by atoms with Crippen LogP contribution in [0.25, 0.3) is 0 Å². The number of methoxy groups -OCH3 is 1. The van der Waals surface area contributed by atoms with Crippen molar-refractivity contribution in [3.63, 3.8) is 0 Å². The maximum Gasteiger partial charge on any atom is 0.0587 e. The summed E-state index contributed by atoms with van der Waals surface area (Å²) in [4.78, 5) is 2.69. The summed E-state index contributed by atoms with van der Waals surface area (Å²) >= 11 is 0. The lowest BCUT2D eigenvalue weighted by Crippen LogP contribution is -2.36. The van der Waals surface area contributed by atoms with E-state index < -0.39 is 0 Å². The Morgan fingerprint density at radius 2 is 2.12 bits per heavy atom. The van der Waals surface area contributed by atoms with E-state index in [2.05, 4.69) is 24.1 Å². The van der Waals surface area contributed by atoms with E-state index in [-0.39, 0.29) is 0 Å². The number of hydrogen-bond acceptors (Lipinski definition) is 3. The highest BCUT2D eigenvalue weighted by Gasteiger charge is 2.28. The van der Waals surface area contributed by atoms with Gasteiger partial charge in [0.1, 0.15) is 0 Å². The fraction of sp³-hybridized carbons (Fsp3) is 1.00. The predicted molar refractivity (Wildman–Crippen MR) is 68.8 cm³/mol. The van der Waals surface area contributed by atoms with Gasteiger partial charge in [-0.2, -0.15) is 0 Å². The molecule has 2 unspecified atom stereocenters. The first-order valence-corrected chi connectivity index (χ1v) is 6.75. The summed E-state index contributed by atoms with van der Waals surface area (Å²) in [6, 6.07) is 1.64. The maximum atomic E-state index is 5.00. The summed E-state index contributed by atoms with van der Waals surface area (Å²) in [6.45, 7) is 8.84. The Hall–Kier alpha value is -0.120. The van der Waals surface area contributed by atoms with Crippen molar-refractivity contribution < 1.29 is 4.74 Å². The smallest absolute Gasteiger partial charge is 0.0587 e. The molecule has 2 atom stereocenters. The highest BCUT2D eigenvalue weighted by atomic mass is 16.5. The van der Waals surface area contributed by atoms with Gasteiger partial charge in [0.2, 0.25) is 0 Å². The van der Waals surface area contributed by atoms with Crippen LogP contribution in [0.2, 0.25) is 0 Å². The van der Waals surface area contributed by atoms with Gasteiger partial charge >= 0.3 is 0 Å². The van der Waals surface area contributed by atoms with Crippen molar-refractivity contribution in [2.24, 2.45) is 0 Å². The molecule has 1 N–H and O–H groups in total. The van der Waals surface area contributed by atoms with Crippen LogP contribution in [-0.4, -0.2) is 50.3 Å². The van der Waals surface area contributed by atoms with Gasteiger partial charge in [0.05, 0.1) is 6.61 Å². The summed E-state index contributed by atoms with van der Waals surface area (Å²) < 4.78 is 5.00. The minimum absolute atomic E-state index is 0.795. The van der Waals surface area contributed by atoms with Gasteiger partial charge in [-0.1, -0.05) is 6.92 Å². The largest absolute Gasteiger partial charge is 0.383 e. The summed E-state index contributed by atoms with van der Waals surface area (Å²) in [5.74, 6) is 0. The molecule has 0 saturated carbocycles. The van der Waals surface area contributed by atoms with Crippen molar-refractivity contribution in [2.45, 2.75) is 51.6 Å². The van der Waals surface area contributed by atoms with Crippen LogP contribution in [0, 0.1) is 0 Å². The zero-order chi connectivity index (χ0) is 11.8. The van der Waals surface area contributed by atoms with Gasteiger partial charge in [-0.3, -0.25) is 4.90 Å². The molecular weight excluding hydrogens is 200 g/mol. The fourth-order valence-electron chi connectivity index (χ4n) is 2.65. The van der Waals surface area contributed by atoms with Crippen LogP contribution >= 0.6 is 0 Å². The third-order valence-corrected chi connectivity index (χ3v) is 3.68. The Bertz CT molecular complexity index is 175. The van der Waals surface area contributed by atoms with Crippen molar-refractivity contribution in [3.05, 3.63) is 0 Å². The Morgan fingerprint density at radius 3 is 2.81 bits per heavy atom. The van der Waals surface area contributed by atoms with Gasteiger partial charge in [0, 0.05) is 25.7 Å². The SMILES string of the molecule is CCC1CCC(C)N1CCCNCCOC. The lowest BCUT2D eigenvalue weighted by atomic mass is 10.1. The van der Waals surface area contributed by atoms with E-state index in [0.717, 1.165) is 31.8 Å². The Kier molecular flexibility index (Phi) is 7.01. The second kappa shape index (κ2) is 8.04. The molecule has 0 bridgehead atoms. The van der Waals surface area contributed by atoms with Crippen LogP contribution in [-0.2, 0) is 4.74 Å². The third kappa shape index (κ3) is 4.40. The molecule has 0 radical (unpaired) electrons. The molecule has 1 saturated heterocycles. The number of ether oxygens (including phenoxy) is 1. The molecule has 0 aliphatic carbocycles. The number of rotatable bonds is 8. The third-order valence-electron chi connectivity index (χ3n) is 3.68. The van der Waals surface area contributed by atoms with Crippen LogP contribution in [0.15, 0.2) is 0 Å². The molecule has 0 aromatic carbocycles. The molecule has 1 heterocycles. The molecule has 16 heavy (non-hydrogen) atoms. The van der Waals surface area contributed by atoms with E-state index >= 15 is 0 Å². The summed E-state index contributed by atoms with van der Waals surface area (Å²) in [7, 11) is 1.75. The summed E-state index contributed by atoms with van der Waals surface area (Å²) in [6.07, 6.45) is 5.34. The molecule has 3 heteroatoms. The van der Waals surface area contributed by atoms with Crippen LogP contribution < -0.4 is 5.32 Å². The molecule has 3 nitrogen and oxygen atoms in total. The number of hydrogen-bond donors (Lipinski definition) is 1. The van der Waals surface area contributed by atoms with E-state index in [9.17, 15) is 0 Å². The average molecular weight is 228 g/mol. The quantitative estimate of drug-likeness (QED) is 0.642. The molecule has 1 rings (SSSR count). The molecule has 0 aromatic heterocycles. The zero-order valence-corrected chi connectivity index (χ0v) is 11.2. The Balaban J connectivity index is 2.06. The first-order chi connectivity index (χ1) is 7.79. The predicted octanol–water partition coefficient (Wildman–Crippen LogP) is 1.88. The van der Waals surface area contributed by atoms with Crippen molar-refractivity contribution in [1.82, 2.24) is 10.2 Å². The topological polar surface area (TPSA) is 24.5 Å². The van der Waals surface area contributed by atoms with Gasteiger partial charge in [-0.25, -0.2) is 0 Å². The lowest BCUT2D eigenvalue weighted by Gasteiger charge is -2.27. The van der Waals surface area contributed by atoms with Gasteiger partial charge in [0.15, 0.2) is 0 Å². The summed E-state index contributed by atoms with van der Waals surface area (Å²) in [5, 5.41) is 3.41. The van der Waals surface area contributed by atoms with Crippen LogP contribution in [0.4, 0.5) is 0 Å². The second-order valence-corrected chi connectivity index (χ2v) is 4.82. The van der Waals surface area contributed by atoms with Crippen molar-refractivity contribution in [2.75, 3.05) is 33.4 Å². The van der Waals surface area contributed by atoms with Crippen LogP contribution in [0.1, 0.15) is 39.5 Å². The molecule has 96 valence electrons. The average Bonchev–Trinajstić information content (AvgIpc) is 2.65. The van der Waals surface area contributed by atoms with E-state index in [1.54, 1.807) is 7.11 Å².